The van der Waals surface area contributed by atoms with Crippen LogP contribution in [0.5, 0.6) is 5.75 Å². The van der Waals surface area contributed by atoms with Gasteiger partial charge in [0.05, 0.1) is 38.5 Å². The van der Waals surface area contributed by atoms with E-state index in [1.54, 1.807) is 0 Å². The molecule has 0 unspecified atom stereocenters. The fourth-order valence-corrected chi connectivity index (χ4v) is 3.61. The minimum Gasteiger partial charge on any atom is -0.492 e. The Morgan fingerprint density at radius 3 is 2.52 bits per heavy atom. The highest BCUT2D eigenvalue weighted by Crippen LogP contribution is 2.27. The number of nitrogens with zero attached hydrogens (tertiary/aromatic N) is 1. The van der Waals surface area contributed by atoms with Gasteiger partial charge in [-0.1, -0.05) is 37.3 Å². The highest BCUT2D eigenvalue weighted by Gasteiger charge is 2.24. The summed E-state index contributed by atoms with van der Waals surface area (Å²) in [4.78, 5) is 16.2. The second kappa shape index (κ2) is 9.42. The zero-order valence-electron chi connectivity index (χ0n) is 16.3. The van der Waals surface area contributed by atoms with Crippen LogP contribution in [0.25, 0.3) is 0 Å². The van der Waals surface area contributed by atoms with Crippen LogP contribution >= 0.6 is 0 Å². The molecule has 0 radical (unpaired) electrons. The molecule has 0 aliphatic carbocycles. The Hall–Kier alpha value is -2.53. The third-order valence-electron chi connectivity index (χ3n) is 5.06. The van der Waals surface area contributed by atoms with Crippen molar-refractivity contribution >= 4 is 17.3 Å². The van der Waals surface area contributed by atoms with Crippen LogP contribution in [0.15, 0.2) is 48.5 Å². The molecule has 5 heteroatoms. The maximum atomic E-state index is 12.5. The third kappa shape index (κ3) is 5.01. The molecule has 144 valence electrons. The van der Waals surface area contributed by atoms with Crippen molar-refractivity contribution in [3.8, 4) is 5.75 Å². The molecule has 27 heavy (non-hydrogen) atoms. The number of quaternary nitrogens is 1. The number of para-hydroxylation sites is 3. The first-order valence-electron chi connectivity index (χ1n) is 9.89. The Labute approximate surface area is 161 Å². The van der Waals surface area contributed by atoms with Crippen molar-refractivity contribution < 1.29 is 14.4 Å². The zero-order valence-corrected chi connectivity index (χ0v) is 16.3. The largest absolute Gasteiger partial charge is 0.492 e. The fourth-order valence-electron chi connectivity index (χ4n) is 3.61. The standard InChI is InChI=1S/C22H29N3O2/c1-3-18-9-5-6-10-19(18)23-22(26)17-24-13-15-25(16-14-24)20-11-7-8-12-21(20)27-4-2/h5-12H,3-4,13-17H2,1-2H3,(H,23,26)/p+1. The number of hydrogen-bond donors (Lipinski definition) is 2. The van der Waals surface area contributed by atoms with Gasteiger partial charge in [0.15, 0.2) is 6.54 Å². The van der Waals surface area contributed by atoms with Gasteiger partial charge in [-0.2, -0.15) is 0 Å². The van der Waals surface area contributed by atoms with Crippen molar-refractivity contribution in [1.29, 1.82) is 0 Å². The van der Waals surface area contributed by atoms with Crippen LogP contribution < -0.4 is 19.9 Å². The number of hydrogen-bond acceptors (Lipinski definition) is 3. The number of carbonyl (C=O) groups is 1. The summed E-state index contributed by atoms with van der Waals surface area (Å²) in [5.74, 6) is 1.03. The summed E-state index contributed by atoms with van der Waals surface area (Å²) in [6.45, 7) is 9.05. The summed E-state index contributed by atoms with van der Waals surface area (Å²) in [5, 5.41) is 3.08. The Kier molecular flexibility index (Phi) is 6.71. The fraction of sp³-hybridized carbons (Fsp3) is 0.409. The van der Waals surface area contributed by atoms with Crippen LogP contribution in [0, 0.1) is 0 Å². The van der Waals surface area contributed by atoms with E-state index in [0.717, 1.165) is 49.7 Å². The second-order valence-electron chi connectivity index (χ2n) is 6.87. The van der Waals surface area contributed by atoms with Crippen LogP contribution in [0.2, 0.25) is 0 Å². The Morgan fingerprint density at radius 2 is 1.78 bits per heavy atom. The molecular formula is C22H30N3O2+. The van der Waals surface area contributed by atoms with E-state index in [9.17, 15) is 4.79 Å². The SMILES string of the molecule is CCOc1ccccc1N1CC[NH+](CC(=O)Nc2ccccc2CC)CC1. The van der Waals surface area contributed by atoms with E-state index in [-0.39, 0.29) is 5.91 Å². The normalized spacial score (nSPS) is 14.8. The zero-order chi connectivity index (χ0) is 19.1. The van der Waals surface area contributed by atoms with Crippen LogP contribution in [-0.2, 0) is 11.2 Å². The maximum absolute atomic E-state index is 12.5. The van der Waals surface area contributed by atoms with Gasteiger partial charge >= 0.3 is 0 Å². The second-order valence-corrected chi connectivity index (χ2v) is 6.87. The first-order valence-corrected chi connectivity index (χ1v) is 9.89. The molecule has 1 saturated heterocycles. The van der Waals surface area contributed by atoms with Crippen molar-refractivity contribution in [2.24, 2.45) is 0 Å². The minimum atomic E-state index is 0.0917. The number of aryl methyl sites for hydroxylation is 1. The number of rotatable bonds is 7. The molecule has 0 saturated carbocycles. The van der Waals surface area contributed by atoms with E-state index in [2.05, 4.69) is 35.3 Å². The first-order chi connectivity index (χ1) is 13.2. The average molecular weight is 369 g/mol. The number of nitrogens with one attached hydrogen (secondary N) is 2. The topological polar surface area (TPSA) is 46.0 Å². The van der Waals surface area contributed by atoms with Crippen LogP contribution in [0.1, 0.15) is 19.4 Å². The van der Waals surface area contributed by atoms with Gasteiger partial charge in [-0.3, -0.25) is 4.79 Å². The van der Waals surface area contributed by atoms with E-state index < -0.39 is 0 Å². The van der Waals surface area contributed by atoms with Crippen molar-refractivity contribution in [2.75, 3.05) is 49.5 Å². The molecule has 2 aromatic rings. The lowest BCUT2D eigenvalue weighted by Gasteiger charge is -2.34. The van der Waals surface area contributed by atoms with E-state index in [1.807, 2.05) is 37.3 Å². The number of carbonyl (C=O) groups excluding carboxylic acids is 1. The van der Waals surface area contributed by atoms with Crippen LogP contribution in [-0.4, -0.2) is 45.2 Å². The quantitative estimate of drug-likeness (QED) is 0.786. The summed E-state index contributed by atoms with van der Waals surface area (Å²) < 4.78 is 5.76. The number of piperazine rings is 1. The highest BCUT2D eigenvalue weighted by atomic mass is 16.5. The van der Waals surface area contributed by atoms with Gasteiger partial charge in [0.1, 0.15) is 5.75 Å². The van der Waals surface area contributed by atoms with Gasteiger partial charge in [-0.15, -0.1) is 0 Å². The number of benzene rings is 2. The number of anilines is 2. The molecule has 1 aliphatic rings. The molecule has 1 heterocycles. The van der Waals surface area contributed by atoms with Crippen molar-refractivity contribution in [3.63, 3.8) is 0 Å². The molecule has 0 bridgehead atoms. The Balaban J connectivity index is 1.53. The third-order valence-corrected chi connectivity index (χ3v) is 5.06. The summed E-state index contributed by atoms with van der Waals surface area (Å²) in [6, 6.07) is 16.2. The first kappa shape index (κ1) is 19.2. The monoisotopic (exact) mass is 368 g/mol. The van der Waals surface area contributed by atoms with E-state index in [4.69, 9.17) is 4.74 Å². The molecule has 1 fully saturated rings. The lowest BCUT2D eigenvalue weighted by Crippen LogP contribution is -3.15. The molecule has 1 aliphatic heterocycles. The lowest BCUT2D eigenvalue weighted by molar-refractivity contribution is -0.892. The molecule has 5 nitrogen and oxygen atoms in total. The van der Waals surface area contributed by atoms with Gasteiger partial charge in [-0.25, -0.2) is 0 Å². The molecule has 2 aromatic carbocycles. The molecule has 0 atom stereocenters. The highest BCUT2D eigenvalue weighted by molar-refractivity contribution is 5.92. The van der Waals surface area contributed by atoms with E-state index in [0.29, 0.717) is 13.2 Å². The molecule has 2 N–H and O–H groups in total. The van der Waals surface area contributed by atoms with Crippen LogP contribution in [0.3, 0.4) is 0 Å². The van der Waals surface area contributed by atoms with Crippen molar-refractivity contribution in [3.05, 3.63) is 54.1 Å². The van der Waals surface area contributed by atoms with Gasteiger partial charge in [0.2, 0.25) is 0 Å². The lowest BCUT2D eigenvalue weighted by atomic mass is 10.1. The summed E-state index contributed by atoms with van der Waals surface area (Å²) in [7, 11) is 0. The van der Waals surface area contributed by atoms with E-state index >= 15 is 0 Å². The van der Waals surface area contributed by atoms with Gasteiger partial charge in [0.25, 0.3) is 5.91 Å². The number of amides is 1. The maximum Gasteiger partial charge on any atom is 0.279 e. The Bertz CT molecular complexity index is 755. The van der Waals surface area contributed by atoms with Crippen molar-refractivity contribution in [1.82, 2.24) is 0 Å². The van der Waals surface area contributed by atoms with Gasteiger partial charge in [0, 0.05) is 5.69 Å². The minimum absolute atomic E-state index is 0.0917. The molecule has 0 aromatic heterocycles. The molecule has 0 spiro atoms. The van der Waals surface area contributed by atoms with Gasteiger partial charge in [-0.05, 0) is 37.1 Å². The smallest absolute Gasteiger partial charge is 0.279 e. The molecule has 1 amide bonds. The molecular weight excluding hydrogens is 338 g/mol. The predicted molar refractivity (Wildman–Crippen MR) is 110 cm³/mol. The Morgan fingerprint density at radius 1 is 1.07 bits per heavy atom. The summed E-state index contributed by atoms with van der Waals surface area (Å²) >= 11 is 0. The summed E-state index contributed by atoms with van der Waals surface area (Å²) in [6.07, 6.45) is 0.918. The molecule has 3 rings (SSSR count). The average Bonchev–Trinajstić information content (AvgIpc) is 2.70. The predicted octanol–water partition coefficient (Wildman–Crippen LogP) is 1.99. The summed E-state index contributed by atoms with van der Waals surface area (Å²) in [5.41, 5.74) is 3.27. The number of ether oxygens (including phenoxy) is 1. The van der Waals surface area contributed by atoms with Crippen LogP contribution in [0.4, 0.5) is 11.4 Å². The van der Waals surface area contributed by atoms with Gasteiger partial charge < -0.3 is 19.9 Å². The van der Waals surface area contributed by atoms with Crippen molar-refractivity contribution in [2.45, 2.75) is 20.3 Å². The van der Waals surface area contributed by atoms with E-state index in [1.165, 1.54) is 10.5 Å².